The minimum absolute atomic E-state index is 0.0181. The van der Waals surface area contributed by atoms with E-state index in [2.05, 4.69) is 0 Å². The van der Waals surface area contributed by atoms with E-state index in [1.165, 1.54) is 11.8 Å². The first-order valence-corrected chi connectivity index (χ1v) is 7.49. The van der Waals surface area contributed by atoms with Gasteiger partial charge >= 0.3 is 0 Å². The van der Waals surface area contributed by atoms with E-state index in [0.717, 1.165) is 0 Å². The van der Waals surface area contributed by atoms with Gasteiger partial charge in [0.2, 0.25) is 11.8 Å². The molecule has 7 heteroatoms. The van der Waals surface area contributed by atoms with Crippen molar-refractivity contribution in [2.45, 2.75) is 25.6 Å². The van der Waals surface area contributed by atoms with Crippen molar-refractivity contribution in [1.82, 2.24) is 9.80 Å². The number of hydrogen-bond donors (Lipinski definition) is 1. The lowest BCUT2D eigenvalue weighted by molar-refractivity contribution is -0.168. The zero-order valence-corrected chi connectivity index (χ0v) is 12.1. The third-order valence-corrected chi connectivity index (χ3v) is 4.13. The van der Waals surface area contributed by atoms with Crippen LogP contribution in [-0.4, -0.2) is 76.3 Å². The van der Waals surface area contributed by atoms with Gasteiger partial charge in [-0.15, -0.1) is 11.8 Å². The molecule has 2 saturated heterocycles. The van der Waals surface area contributed by atoms with Crippen molar-refractivity contribution in [2.24, 2.45) is 0 Å². The smallest absolute Gasteiger partial charge is 0.242 e. The second kappa shape index (κ2) is 5.68. The summed E-state index contributed by atoms with van der Waals surface area (Å²) in [4.78, 5) is 27.0. The number of morpholine rings is 1. The second-order valence-corrected chi connectivity index (χ2v) is 6.48. The zero-order chi connectivity index (χ0) is 14.0. The van der Waals surface area contributed by atoms with Gasteiger partial charge in [0.1, 0.15) is 6.54 Å². The van der Waals surface area contributed by atoms with E-state index < -0.39 is 5.60 Å². The number of nitrogens with zero attached hydrogens (tertiary/aromatic N) is 2. The number of aliphatic hydroxyl groups is 1. The maximum atomic E-state index is 12.2. The normalized spacial score (nSPS) is 26.9. The molecule has 0 bridgehead atoms. The van der Waals surface area contributed by atoms with Gasteiger partial charge < -0.3 is 19.6 Å². The lowest BCUT2D eigenvalue weighted by atomic mass is 10.1. The molecule has 0 radical (unpaired) electrons. The van der Waals surface area contributed by atoms with Crippen LogP contribution in [0.1, 0.15) is 13.8 Å². The Morgan fingerprint density at radius 2 is 2.32 bits per heavy atom. The van der Waals surface area contributed by atoms with Gasteiger partial charge in [0.15, 0.2) is 0 Å². The van der Waals surface area contributed by atoms with Crippen LogP contribution in [0.15, 0.2) is 0 Å². The van der Waals surface area contributed by atoms with Crippen molar-refractivity contribution in [3.05, 3.63) is 0 Å². The molecule has 1 unspecified atom stereocenters. The quantitative estimate of drug-likeness (QED) is 0.759. The third-order valence-electron chi connectivity index (χ3n) is 3.19. The predicted octanol–water partition coefficient (Wildman–Crippen LogP) is -0.482. The molecular formula is C12H20N2O4S. The summed E-state index contributed by atoms with van der Waals surface area (Å²) in [6.45, 7) is 4.68. The highest BCUT2D eigenvalue weighted by Gasteiger charge is 2.36. The van der Waals surface area contributed by atoms with Gasteiger partial charge in [-0.2, -0.15) is 0 Å². The van der Waals surface area contributed by atoms with Gasteiger partial charge in [0, 0.05) is 13.1 Å². The van der Waals surface area contributed by atoms with E-state index >= 15 is 0 Å². The maximum Gasteiger partial charge on any atom is 0.242 e. The van der Waals surface area contributed by atoms with E-state index in [4.69, 9.17) is 4.74 Å². The van der Waals surface area contributed by atoms with Gasteiger partial charge in [0.05, 0.1) is 29.9 Å². The molecule has 2 aliphatic heterocycles. The van der Waals surface area contributed by atoms with E-state index in [-0.39, 0.29) is 31.1 Å². The molecular weight excluding hydrogens is 268 g/mol. The minimum Gasteiger partial charge on any atom is -0.394 e. The Hall–Kier alpha value is -0.790. The average molecular weight is 288 g/mol. The molecule has 0 saturated carbocycles. The average Bonchev–Trinajstić information content (AvgIpc) is 2.73. The summed E-state index contributed by atoms with van der Waals surface area (Å²) in [5.74, 6) is 0.985. The summed E-state index contributed by atoms with van der Waals surface area (Å²) in [5.41, 5.74) is -0.467. The topological polar surface area (TPSA) is 70.1 Å². The van der Waals surface area contributed by atoms with Gasteiger partial charge in [-0.05, 0) is 13.8 Å². The Morgan fingerprint density at radius 3 is 2.89 bits per heavy atom. The van der Waals surface area contributed by atoms with Gasteiger partial charge in [-0.3, -0.25) is 9.59 Å². The molecule has 2 fully saturated rings. The Labute approximate surface area is 117 Å². The number of hydrogen-bond acceptors (Lipinski definition) is 5. The number of aliphatic hydroxyl groups excluding tert-OH is 1. The summed E-state index contributed by atoms with van der Waals surface area (Å²) < 4.78 is 5.67. The molecule has 0 aliphatic carbocycles. The van der Waals surface area contributed by atoms with Crippen molar-refractivity contribution >= 4 is 23.6 Å². The van der Waals surface area contributed by atoms with Crippen LogP contribution in [-0.2, 0) is 14.3 Å². The summed E-state index contributed by atoms with van der Waals surface area (Å²) >= 11 is 1.52. The molecule has 19 heavy (non-hydrogen) atoms. The Balaban J connectivity index is 1.96. The fraction of sp³-hybridized carbons (Fsp3) is 0.833. The maximum absolute atomic E-state index is 12.2. The monoisotopic (exact) mass is 288 g/mol. The lowest BCUT2D eigenvalue weighted by Crippen LogP contribution is -2.57. The van der Waals surface area contributed by atoms with Crippen molar-refractivity contribution < 1.29 is 19.4 Å². The second-order valence-electron chi connectivity index (χ2n) is 5.53. The van der Waals surface area contributed by atoms with Crippen molar-refractivity contribution in [3.63, 3.8) is 0 Å². The molecule has 2 amide bonds. The molecule has 1 atom stereocenters. The van der Waals surface area contributed by atoms with Gasteiger partial charge in [-0.1, -0.05) is 0 Å². The number of carbonyl (C=O) groups is 2. The largest absolute Gasteiger partial charge is 0.394 e. The molecule has 0 aromatic heterocycles. The first-order chi connectivity index (χ1) is 8.91. The molecule has 0 spiro atoms. The molecule has 2 rings (SSSR count). The molecule has 1 N–H and O–H groups in total. The van der Waals surface area contributed by atoms with Crippen molar-refractivity contribution in [3.8, 4) is 0 Å². The van der Waals surface area contributed by atoms with Crippen LogP contribution in [0.2, 0.25) is 0 Å². The highest BCUT2D eigenvalue weighted by Crippen LogP contribution is 2.22. The van der Waals surface area contributed by atoms with Crippen LogP contribution in [0.5, 0.6) is 0 Å². The lowest BCUT2D eigenvalue weighted by Gasteiger charge is -2.42. The van der Waals surface area contributed by atoms with Crippen LogP contribution in [0.4, 0.5) is 0 Å². The first-order valence-electron chi connectivity index (χ1n) is 6.33. The highest BCUT2D eigenvalue weighted by molar-refractivity contribution is 8.00. The number of rotatable bonds is 3. The fourth-order valence-corrected chi connectivity index (χ4v) is 3.29. The van der Waals surface area contributed by atoms with Gasteiger partial charge in [0.25, 0.3) is 0 Å². The highest BCUT2D eigenvalue weighted by atomic mass is 32.2. The number of thioether (sulfide) groups is 1. The van der Waals surface area contributed by atoms with Crippen LogP contribution < -0.4 is 0 Å². The summed E-state index contributed by atoms with van der Waals surface area (Å²) in [5, 5.41) is 9.22. The SMILES string of the molecule is CC1(C)CN(C(=O)CN2CSCC2=O)CC(CO)O1. The van der Waals surface area contributed by atoms with Crippen molar-refractivity contribution in [1.29, 1.82) is 0 Å². The van der Waals surface area contributed by atoms with Crippen LogP contribution >= 0.6 is 11.8 Å². The van der Waals surface area contributed by atoms with E-state index in [0.29, 0.717) is 24.7 Å². The van der Waals surface area contributed by atoms with Gasteiger partial charge in [-0.25, -0.2) is 0 Å². The Bertz CT molecular complexity index is 375. The third kappa shape index (κ3) is 3.61. The van der Waals surface area contributed by atoms with Crippen molar-refractivity contribution in [2.75, 3.05) is 37.9 Å². The fourth-order valence-electron chi connectivity index (χ4n) is 2.38. The number of amides is 2. The van der Waals surface area contributed by atoms with E-state index in [1.807, 2.05) is 13.8 Å². The predicted molar refractivity (Wildman–Crippen MR) is 71.7 cm³/mol. The Kier molecular flexibility index (Phi) is 4.37. The standard InChI is InChI=1S/C12H20N2O4S/c1-12(2)7-13(3-9(5-15)18-12)10(16)4-14-8-19-6-11(14)17/h9,15H,3-8H2,1-2H3. The summed E-state index contributed by atoms with van der Waals surface area (Å²) in [6, 6.07) is 0. The van der Waals surface area contributed by atoms with Crippen LogP contribution in [0.3, 0.4) is 0 Å². The molecule has 6 nitrogen and oxygen atoms in total. The first kappa shape index (κ1) is 14.6. The molecule has 0 aromatic carbocycles. The molecule has 0 aromatic rings. The zero-order valence-electron chi connectivity index (χ0n) is 11.3. The van der Waals surface area contributed by atoms with Crippen LogP contribution in [0, 0.1) is 0 Å². The number of ether oxygens (including phenoxy) is 1. The Morgan fingerprint density at radius 1 is 1.58 bits per heavy atom. The minimum atomic E-state index is -0.467. The molecule has 2 aliphatic rings. The number of carbonyl (C=O) groups excluding carboxylic acids is 2. The van der Waals surface area contributed by atoms with E-state index in [1.54, 1.807) is 9.80 Å². The summed E-state index contributed by atoms with van der Waals surface area (Å²) in [6.07, 6.45) is -0.351. The summed E-state index contributed by atoms with van der Waals surface area (Å²) in [7, 11) is 0. The molecule has 108 valence electrons. The van der Waals surface area contributed by atoms with E-state index in [9.17, 15) is 14.7 Å². The molecule has 2 heterocycles. The van der Waals surface area contributed by atoms with Crippen LogP contribution in [0.25, 0.3) is 0 Å².